The molecule has 0 atom stereocenters. The van der Waals surface area contributed by atoms with Gasteiger partial charge in [-0.05, 0) is 29.7 Å². The minimum atomic E-state index is -4.66. The molecule has 1 aliphatic rings. The number of alkyl halides is 3. The van der Waals surface area contributed by atoms with Crippen LogP contribution < -0.4 is 5.32 Å². The van der Waals surface area contributed by atoms with Crippen molar-refractivity contribution in [3.8, 4) is 11.3 Å². The Morgan fingerprint density at radius 2 is 1.78 bits per heavy atom. The lowest BCUT2D eigenvalue weighted by Gasteiger charge is -2.22. The number of hydrogen-bond acceptors (Lipinski definition) is 3. The molecule has 164 valence electrons. The van der Waals surface area contributed by atoms with Gasteiger partial charge in [-0.2, -0.15) is 18.3 Å². The molecule has 8 heteroatoms. The number of carbonyl (C=O) groups is 1. The zero-order valence-electron chi connectivity index (χ0n) is 17.2. The molecule has 0 radical (unpaired) electrons. The normalized spacial score (nSPS) is 15.3. The topological polar surface area (TPSA) is 59.3 Å². The fourth-order valence-electron chi connectivity index (χ4n) is 4.42. The number of benzene rings is 2. The van der Waals surface area contributed by atoms with E-state index in [0.29, 0.717) is 10.1 Å². The fourth-order valence-corrected chi connectivity index (χ4v) is 4.42. The van der Waals surface area contributed by atoms with Gasteiger partial charge in [-0.15, -0.1) is 0 Å². The Bertz CT molecular complexity index is 1300. The summed E-state index contributed by atoms with van der Waals surface area (Å²) >= 11 is 0. The molecule has 1 amide bonds. The van der Waals surface area contributed by atoms with Crippen LogP contribution in [0.2, 0.25) is 0 Å². The number of halogens is 3. The number of amides is 1. The van der Waals surface area contributed by atoms with E-state index in [2.05, 4.69) is 15.4 Å². The standard InChI is InChI=1S/C24H21F3N4O/c25-24(26,27)21-13-20(18-12-6-8-15-7-4-5-11-17(15)18)30-22-19(14-28-31(21)22)23(32)29-16-9-2-1-3-10-16/h4-8,11-14,16H,1-3,9-10H2,(H,29,32). The maximum atomic E-state index is 13.9. The monoisotopic (exact) mass is 438 g/mol. The summed E-state index contributed by atoms with van der Waals surface area (Å²) < 4.78 is 42.5. The first-order valence-electron chi connectivity index (χ1n) is 10.7. The number of rotatable bonds is 3. The first kappa shape index (κ1) is 20.5. The van der Waals surface area contributed by atoms with E-state index in [0.717, 1.165) is 48.9 Å². The second kappa shape index (κ2) is 7.93. The summed E-state index contributed by atoms with van der Waals surface area (Å²) in [5.74, 6) is -0.442. The molecule has 4 aromatic rings. The van der Waals surface area contributed by atoms with Crippen LogP contribution in [-0.2, 0) is 6.18 Å². The summed E-state index contributed by atoms with van der Waals surface area (Å²) in [6, 6.07) is 13.9. The van der Waals surface area contributed by atoms with Gasteiger partial charge >= 0.3 is 6.18 Å². The van der Waals surface area contributed by atoms with E-state index >= 15 is 0 Å². The highest BCUT2D eigenvalue weighted by Crippen LogP contribution is 2.35. The van der Waals surface area contributed by atoms with Crippen molar-refractivity contribution in [2.75, 3.05) is 0 Å². The van der Waals surface area contributed by atoms with Crippen molar-refractivity contribution in [3.05, 3.63) is 66.0 Å². The van der Waals surface area contributed by atoms with E-state index in [1.807, 2.05) is 30.3 Å². The van der Waals surface area contributed by atoms with Crippen LogP contribution in [0.4, 0.5) is 13.2 Å². The van der Waals surface area contributed by atoms with Gasteiger partial charge in [0.15, 0.2) is 11.3 Å². The van der Waals surface area contributed by atoms with Gasteiger partial charge in [0.05, 0.1) is 11.9 Å². The van der Waals surface area contributed by atoms with Gasteiger partial charge in [-0.25, -0.2) is 9.50 Å². The van der Waals surface area contributed by atoms with Crippen molar-refractivity contribution >= 4 is 22.3 Å². The molecule has 1 N–H and O–H groups in total. The summed E-state index contributed by atoms with van der Waals surface area (Å²) in [5.41, 5.74) is -0.314. The van der Waals surface area contributed by atoms with Gasteiger partial charge in [0.2, 0.25) is 0 Å². The van der Waals surface area contributed by atoms with Crippen LogP contribution in [0.1, 0.15) is 48.2 Å². The van der Waals surface area contributed by atoms with Gasteiger partial charge < -0.3 is 5.32 Å². The molecule has 0 aliphatic heterocycles. The fraction of sp³-hybridized carbons (Fsp3) is 0.292. The minimum Gasteiger partial charge on any atom is -0.349 e. The Balaban J connectivity index is 1.66. The maximum Gasteiger partial charge on any atom is 0.433 e. The van der Waals surface area contributed by atoms with Crippen LogP contribution in [0, 0.1) is 0 Å². The molecule has 5 nitrogen and oxygen atoms in total. The lowest BCUT2D eigenvalue weighted by Crippen LogP contribution is -2.36. The Hall–Kier alpha value is -3.42. The third kappa shape index (κ3) is 3.70. The first-order valence-corrected chi connectivity index (χ1v) is 10.7. The van der Waals surface area contributed by atoms with Gasteiger partial charge in [-0.1, -0.05) is 61.7 Å². The molecule has 1 fully saturated rings. The quantitative estimate of drug-likeness (QED) is 0.451. The number of carbonyl (C=O) groups excluding carboxylic acids is 1. The highest BCUT2D eigenvalue weighted by atomic mass is 19.4. The highest BCUT2D eigenvalue weighted by Gasteiger charge is 2.36. The Morgan fingerprint density at radius 1 is 1.03 bits per heavy atom. The van der Waals surface area contributed by atoms with Gasteiger partial charge in [0.25, 0.3) is 5.91 Å². The number of fused-ring (bicyclic) bond motifs is 2. The Labute approximate surface area is 182 Å². The average Bonchev–Trinajstić information content (AvgIpc) is 3.22. The Kier molecular flexibility index (Phi) is 5.07. The molecule has 32 heavy (non-hydrogen) atoms. The van der Waals surface area contributed by atoms with Crippen LogP contribution in [0.3, 0.4) is 0 Å². The molecule has 5 rings (SSSR count). The minimum absolute atomic E-state index is 0.0227. The van der Waals surface area contributed by atoms with Gasteiger partial charge in [0.1, 0.15) is 5.56 Å². The molecule has 1 aliphatic carbocycles. The summed E-state index contributed by atoms with van der Waals surface area (Å²) in [6.07, 6.45) is 1.43. The molecule has 0 saturated heterocycles. The van der Waals surface area contributed by atoms with Crippen LogP contribution in [0.15, 0.2) is 54.7 Å². The van der Waals surface area contributed by atoms with Crippen LogP contribution in [0.25, 0.3) is 27.7 Å². The van der Waals surface area contributed by atoms with Gasteiger partial charge in [-0.3, -0.25) is 4.79 Å². The number of nitrogens with zero attached hydrogens (tertiary/aromatic N) is 3. The predicted octanol–water partition coefficient (Wildman–Crippen LogP) is 5.63. The van der Waals surface area contributed by atoms with E-state index in [-0.39, 0.29) is 22.9 Å². The number of hydrogen-bond donors (Lipinski definition) is 1. The van der Waals surface area contributed by atoms with Crippen molar-refractivity contribution < 1.29 is 18.0 Å². The Morgan fingerprint density at radius 3 is 2.56 bits per heavy atom. The largest absolute Gasteiger partial charge is 0.433 e. The van der Waals surface area contributed by atoms with Crippen molar-refractivity contribution in [1.29, 1.82) is 0 Å². The van der Waals surface area contributed by atoms with Crippen LogP contribution in [-0.4, -0.2) is 26.5 Å². The third-order valence-electron chi connectivity index (χ3n) is 6.01. The van der Waals surface area contributed by atoms with Crippen molar-refractivity contribution in [1.82, 2.24) is 19.9 Å². The molecule has 2 aromatic carbocycles. The molecule has 0 bridgehead atoms. The number of aromatic nitrogens is 3. The molecule has 2 aromatic heterocycles. The van der Waals surface area contributed by atoms with E-state index in [1.54, 1.807) is 12.1 Å². The molecule has 0 unspecified atom stereocenters. The van der Waals surface area contributed by atoms with Crippen LogP contribution >= 0.6 is 0 Å². The molecular weight excluding hydrogens is 417 g/mol. The van der Waals surface area contributed by atoms with E-state index in [4.69, 9.17) is 0 Å². The zero-order valence-corrected chi connectivity index (χ0v) is 17.2. The average molecular weight is 438 g/mol. The lowest BCUT2D eigenvalue weighted by molar-refractivity contribution is -0.142. The predicted molar refractivity (Wildman–Crippen MR) is 115 cm³/mol. The lowest BCUT2D eigenvalue weighted by atomic mass is 9.95. The van der Waals surface area contributed by atoms with E-state index < -0.39 is 17.8 Å². The van der Waals surface area contributed by atoms with Gasteiger partial charge in [0, 0.05) is 11.6 Å². The summed E-state index contributed by atoms with van der Waals surface area (Å²) in [4.78, 5) is 17.4. The molecule has 0 spiro atoms. The summed E-state index contributed by atoms with van der Waals surface area (Å²) in [5, 5.41) is 8.49. The summed E-state index contributed by atoms with van der Waals surface area (Å²) in [7, 11) is 0. The zero-order chi connectivity index (χ0) is 22.3. The molecular formula is C24H21F3N4O. The maximum absolute atomic E-state index is 13.9. The second-order valence-corrected chi connectivity index (χ2v) is 8.15. The summed E-state index contributed by atoms with van der Waals surface area (Å²) in [6.45, 7) is 0. The molecule has 1 saturated carbocycles. The first-order chi connectivity index (χ1) is 15.4. The SMILES string of the molecule is O=C(NC1CCCCC1)c1cnn2c(C(F)(F)F)cc(-c3cccc4ccccc34)nc12. The third-order valence-corrected chi connectivity index (χ3v) is 6.01. The van der Waals surface area contributed by atoms with Crippen molar-refractivity contribution in [2.24, 2.45) is 0 Å². The second-order valence-electron chi connectivity index (χ2n) is 8.15. The number of nitrogens with one attached hydrogen (secondary N) is 1. The highest BCUT2D eigenvalue weighted by molar-refractivity contribution is 6.01. The molecule has 2 heterocycles. The van der Waals surface area contributed by atoms with Crippen molar-refractivity contribution in [3.63, 3.8) is 0 Å². The van der Waals surface area contributed by atoms with Crippen molar-refractivity contribution in [2.45, 2.75) is 44.3 Å². The van der Waals surface area contributed by atoms with Crippen LogP contribution in [0.5, 0.6) is 0 Å². The van der Waals surface area contributed by atoms with E-state index in [9.17, 15) is 18.0 Å². The van der Waals surface area contributed by atoms with E-state index in [1.165, 1.54) is 6.20 Å². The smallest absolute Gasteiger partial charge is 0.349 e.